The van der Waals surface area contributed by atoms with Crippen LogP contribution in [-0.4, -0.2) is 43.6 Å². The molecule has 2 N–H and O–H groups in total. The molecule has 186 valence electrons. The minimum atomic E-state index is -0.447. The normalized spacial score (nSPS) is 16.0. The summed E-state index contributed by atoms with van der Waals surface area (Å²) in [6, 6.07) is 15.1. The van der Waals surface area contributed by atoms with Crippen LogP contribution >= 0.6 is 0 Å². The number of nitriles is 1. The highest BCUT2D eigenvalue weighted by molar-refractivity contribution is 5.99. The summed E-state index contributed by atoms with van der Waals surface area (Å²) >= 11 is 0. The molecule has 0 spiro atoms. The second-order valence-corrected chi connectivity index (χ2v) is 8.67. The molecule has 3 heterocycles. The predicted molar refractivity (Wildman–Crippen MR) is 136 cm³/mol. The van der Waals surface area contributed by atoms with Crippen molar-refractivity contribution in [2.45, 2.75) is 25.8 Å². The average molecular weight is 498 g/mol. The number of likely N-dealkylation sites (tertiary alicyclic amines) is 1. The molecule has 1 saturated heterocycles. The number of hydrogen-bond acceptors (Lipinski definition) is 7. The number of aromatic nitrogens is 4. The van der Waals surface area contributed by atoms with Crippen LogP contribution in [0, 0.1) is 17.1 Å². The lowest BCUT2D eigenvalue weighted by Crippen LogP contribution is -2.41. The molecule has 2 aromatic carbocycles. The number of carbonyl (C=O) groups excluding carboxylic acids is 1. The fourth-order valence-corrected chi connectivity index (χ4v) is 4.53. The van der Waals surface area contributed by atoms with Crippen molar-refractivity contribution in [2.24, 2.45) is 0 Å². The first kappa shape index (κ1) is 23.9. The number of piperidine rings is 1. The van der Waals surface area contributed by atoms with Crippen LogP contribution in [0.4, 0.5) is 10.2 Å². The number of allylic oxidation sites excluding steroid dienone is 1. The maximum atomic E-state index is 14.0. The number of nitrogen functional groups attached to an aromatic ring is 1. The number of rotatable bonds is 5. The molecule has 1 aliphatic heterocycles. The van der Waals surface area contributed by atoms with E-state index in [0.717, 1.165) is 18.4 Å². The van der Waals surface area contributed by atoms with E-state index in [1.807, 2.05) is 18.2 Å². The molecule has 37 heavy (non-hydrogen) atoms. The van der Waals surface area contributed by atoms with E-state index >= 15 is 0 Å². The second-order valence-electron chi connectivity index (χ2n) is 8.67. The van der Waals surface area contributed by atoms with Crippen molar-refractivity contribution < 1.29 is 13.9 Å². The second kappa shape index (κ2) is 10.1. The van der Waals surface area contributed by atoms with Gasteiger partial charge in [-0.2, -0.15) is 10.4 Å². The van der Waals surface area contributed by atoms with E-state index in [-0.39, 0.29) is 23.3 Å². The molecule has 1 atom stereocenters. The van der Waals surface area contributed by atoms with E-state index in [0.29, 0.717) is 41.4 Å². The molecule has 0 aliphatic carbocycles. The van der Waals surface area contributed by atoms with Crippen LogP contribution in [0.1, 0.15) is 25.8 Å². The third-order valence-corrected chi connectivity index (χ3v) is 6.38. The van der Waals surface area contributed by atoms with Gasteiger partial charge in [-0.3, -0.25) is 4.79 Å². The lowest BCUT2D eigenvalue weighted by Gasteiger charge is -2.32. The number of fused-ring (bicyclic) bond motifs is 1. The van der Waals surface area contributed by atoms with Gasteiger partial charge >= 0.3 is 0 Å². The highest BCUT2D eigenvalue weighted by Gasteiger charge is 2.29. The lowest BCUT2D eigenvalue weighted by molar-refractivity contribution is -0.128. The smallest absolute Gasteiger partial charge is 0.264 e. The quantitative estimate of drug-likeness (QED) is 0.315. The Morgan fingerprint density at radius 2 is 2.00 bits per heavy atom. The summed E-state index contributed by atoms with van der Waals surface area (Å²) < 4.78 is 21.4. The van der Waals surface area contributed by atoms with Gasteiger partial charge in [0.05, 0.1) is 11.4 Å². The average Bonchev–Trinajstić information content (AvgIpc) is 3.32. The molecule has 9 nitrogen and oxygen atoms in total. The van der Waals surface area contributed by atoms with Gasteiger partial charge in [0.15, 0.2) is 17.2 Å². The number of hydrogen-bond donors (Lipinski definition) is 1. The fourth-order valence-electron chi connectivity index (χ4n) is 4.53. The summed E-state index contributed by atoms with van der Waals surface area (Å²) in [6.45, 7) is 2.64. The highest BCUT2D eigenvalue weighted by Crippen LogP contribution is 2.35. The molecule has 10 heteroatoms. The van der Waals surface area contributed by atoms with Crippen molar-refractivity contribution in [1.82, 2.24) is 24.6 Å². The van der Waals surface area contributed by atoms with Crippen LogP contribution in [0.3, 0.4) is 0 Å². The Hall–Kier alpha value is -4.78. The Morgan fingerprint density at radius 1 is 1.22 bits per heavy atom. The molecule has 5 rings (SSSR count). The van der Waals surface area contributed by atoms with Crippen molar-refractivity contribution in [3.05, 3.63) is 72.3 Å². The van der Waals surface area contributed by atoms with E-state index < -0.39 is 5.82 Å². The van der Waals surface area contributed by atoms with Crippen LogP contribution in [-0.2, 0) is 4.79 Å². The van der Waals surface area contributed by atoms with E-state index in [2.05, 4.69) is 9.97 Å². The summed E-state index contributed by atoms with van der Waals surface area (Å²) in [5.74, 6) is 0.169. The molecule has 1 amide bonds. The summed E-state index contributed by atoms with van der Waals surface area (Å²) in [7, 11) is 0. The van der Waals surface area contributed by atoms with E-state index in [1.54, 1.807) is 46.8 Å². The summed E-state index contributed by atoms with van der Waals surface area (Å²) in [4.78, 5) is 23.1. The van der Waals surface area contributed by atoms with E-state index in [4.69, 9.17) is 15.6 Å². The van der Waals surface area contributed by atoms with Crippen molar-refractivity contribution in [3.63, 3.8) is 0 Å². The number of amides is 1. The van der Waals surface area contributed by atoms with Gasteiger partial charge in [0.2, 0.25) is 0 Å². The SMILES string of the molecule is C/C=C(\C#N)C(=O)N1CCC[C@@H](n2nc(-c3ccc(Oc4ccccc4F)cc3)c3c(N)ncnc32)C1. The molecule has 1 fully saturated rings. The zero-order valence-electron chi connectivity index (χ0n) is 20.1. The Kier molecular flexibility index (Phi) is 6.51. The minimum absolute atomic E-state index is 0.121. The summed E-state index contributed by atoms with van der Waals surface area (Å²) in [6.07, 6.45) is 4.47. The van der Waals surface area contributed by atoms with Crippen LogP contribution < -0.4 is 10.5 Å². The first-order valence-electron chi connectivity index (χ1n) is 11.9. The molecule has 1 aliphatic rings. The fraction of sp³-hybridized carbons (Fsp3) is 0.222. The number of halogens is 1. The highest BCUT2D eigenvalue weighted by atomic mass is 19.1. The third-order valence-electron chi connectivity index (χ3n) is 6.38. The summed E-state index contributed by atoms with van der Waals surface area (Å²) in [5.41, 5.74) is 8.31. The monoisotopic (exact) mass is 497 g/mol. The maximum Gasteiger partial charge on any atom is 0.264 e. The van der Waals surface area contributed by atoms with Crippen molar-refractivity contribution in [1.29, 1.82) is 5.26 Å². The number of carbonyl (C=O) groups is 1. The number of nitrogens with two attached hydrogens (primary N) is 1. The number of para-hydroxylation sites is 1. The van der Waals surface area contributed by atoms with E-state index in [1.165, 1.54) is 18.5 Å². The minimum Gasteiger partial charge on any atom is -0.454 e. The van der Waals surface area contributed by atoms with Gasteiger partial charge in [-0.1, -0.05) is 18.2 Å². The number of nitrogens with zero attached hydrogens (tertiary/aromatic N) is 6. The van der Waals surface area contributed by atoms with Crippen LogP contribution in [0.25, 0.3) is 22.3 Å². The van der Waals surface area contributed by atoms with Gasteiger partial charge < -0.3 is 15.4 Å². The van der Waals surface area contributed by atoms with Crippen molar-refractivity contribution >= 4 is 22.8 Å². The van der Waals surface area contributed by atoms with Gasteiger partial charge in [0, 0.05) is 18.7 Å². The molecule has 0 radical (unpaired) electrons. The van der Waals surface area contributed by atoms with Crippen LogP contribution in [0.5, 0.6) is 11.5 Å². The lowest BCUT2D eigenvalue weighted by atomic mass is 10.0. The van der Waals surface area contributed by atoms with Crippen molar-refractivity contribution in [2.75, 3.05) is 18.8 Å². The Balaban J connectivity index is 1.48. The van der Waals surface area contributed by atoms with Gasteiger partial charge in [-0.15, -0.1) is 0 Å². The molecule has 0 unspecified atom stereocenters. The van der Waals surface area contributed by atoms with Crippen LogP contribution in [0.2, 0.25) is 0 Å². The van der Waals surface area contributed by atoms with Gasteiger partial charge in [0.1, 0.15) is 35.2 Å². The van der Waals surface area contributed by atoms with Crippen LogP contribution in [0.15, 0.2) is 66.5 Å². The number of ether oxygens (including phenoxy) is 1. The first-order valence-corrected chi connectivity index (χ1v) is 11.9. The predicted octanol–water partition coefficient (Wildman–Crippen LogP) is 4.64. The zero-order chi connectivity index (χ0) is 25.9. The number of anilines is 1. The molecular formula is C27H24FN7O2. The zero-order valence-corrected chi connectivity index (χ0v) is 20.1. The molecular weight excluding hydrogens is 473 g/mol. The number of benzene rings is 2. The topological polar surface area (TPSA) is 123 Å². The van der Waals surface area contributed by atoms with Crippen molar-refractivity contribution in [3.8, 4) is 28.8 Å². The Morgan fingerprint density at radius 3 is 2.73 bits per heavy atom. The Labute approximate surface area is 212 Å². The molecule has 0 saturated carbocycles. The maximum absolute atomic E-state index is 14.0. The molecule has 2 aromatic heterocycles. The summed E-state index contributed by atoms with van der Waals surface area (Å²) in [5, 5.41) is 14.8. The first-order chi connectivity index (χ1) is 18.0. The van der Waals surface area contributed by atoms with Gasteiger partial charge in [0.25, 0.3) is 5.91 Å². The largest absolute Gasteiger partial charge is 0.454 e. The molecule has 0 bridgehead atoms. The molecule has 4 aromatic rings. The Bertz CT molecular complexity index is 1540. The van der Waals surface area contributed by atoms with Gasteiger partial charge in [-0.25, -0.2) is 19.0 Å². The van der Waals surface area contributed by atoms with Gasteiger partial charge in [-0.05, 0) is 56.2 Å². The third kappa shape index (κ3) is 4.59. The standard InChI is InChI=1S/C27H24FN7O2/c1-2-17(14-29)27(36)34-13-5-6-19(15-34)35-26-23(25(30)31-16-32-26)24(33-35)18-9-11-20(12-10-18)37-22-8-4-3-7-21(22)28/h2-4,7-12,16,19H,5-6,13,15H2,1H3,(H2,30,31,32)/b17-2+/t19-/m1/s1. The van der Waals surface area contributed by atoms with E-state index in [9.17, 15) is 14.4 Å².